The molecule has 0 atom stereocenters. The van der Waals surface area contributed by atoms with Crippen molar-refractivity contribution in [3.8, 4) is 0 Å². The summed E-state index contributed by atoms with van der Waals surface area (Å²) in [4.78, 5) is 8.18. The predicted octanol–water partition coefficient (Wildman–Crippen LogP) is 2.50. The van der Waals surface area contributed by atoms with Crippen LogP contribution in [0.1, 0.15) is 5.69 Å². The molecule has 0 saturated heterocycles. The zero-order valence-electron chi connectivity index (χ0n) is 7.17. The number of hydrogen-bond donors (Lipinski definition) is 1. The highest BCUT2D eigenvalue weighted by molar-refractivity contribution is 9.10. The van der Waals surface area contributed by atoms with Crippen LogP contribution in [-0.2, 0) is 6.54 Å². The highest BCUT2D eigenvalue weighted by atomic mass is 79.9. The molecule has 1 heterocycles. The largest absolute Gasteiger partial charge is 0.325 e. The van der Waals surface area contributed by atoms with Crippen molar-refractivity contribution in [3.05, 3.63) is 33.6 Å². The van der Waals surface area contributed by atoms with Crippen LogP contribution in [0.2, 0.25) is 5.28 Å². The van der Waals surface area contributed by atoms with Crippen molar-refractivity contribution in [3.63, 3.8) is 0 Å². The number of hydrogen-bond acceptors (Lipinski definition) is 3. The molecule has 14 heavy (non-hydrogen) atoms. The van der Waals surface area contributed by atoms with Crippen LogP contribution in [0, 0.1) is 0 Å². The van der Waals surface area contributed by atoms with Crippen molar-refractivity contribution in [1.29, 1.82) is 0 Å². The van der Waals surface area contributed by atoms with Gasteiger partial charge in [0, 0.05) is 16.4 Å². The summed E-state index contributed by atoms with van der Waals surface area (Å²) < 4.78 is 0.961. The number of nitrogens with zero attached hydrogens (tertiary/aromatic N) is 2. The average molecular weight is 273 g/mol. The topological polar surface area (TPSA) is 51.8 Å². The van der Waals surface area contributed by atoms with E-state index in [1.54, 1.807) is 0 Å². The minimum absolute atomic E-state index is 0.232. The minimum atomic E-state index is 0.232. The van der Waals surface area contributed by atoms with E-state index in [0.717, 1.165) is 21.1 Å². The highest BCUT2D eigenvalue weighted by Crippen LogP contribution is 2.21. The summed E-state index contributed by atoms with van der Waals surface area (Å²) >= 11 is 9.13. The van der Waals surface area contributed by atoms with Gasteiger partial charge in [-0.15, -0.1) is 0 Å². The SMILES string of the molecule is NCc1nc(Cl)nc2cc(Br)ccc12. The first kappa shape index (κ1) is 9.83. The average Bonchev–Trinajstić information content (AvgIpc) is 2.15. The molecule has 0 fully saturated rings. The Labute approximate surface area is 94.4 Å². The van der Waals surface area contributed by atoms with E-state index < -0.39 is 0 Å². The second-order valence-corrected chi connectivity index (χ2v) is 4.06. The lowest BCUT2D eigenvalue weighted by molar-refractivity contribution is 0.990. The standard InChI is InChI=1S/C9H7BrClN3/c10-5-1-2-6-7(3-5)13-9(11)14-8(6)4-12/h1-3H,4,12H2. The van der Waals surface area contributed by atoms with Crippen molar-refractivity contribution < 1.29 is 0 Å². The van der Waals surface area contributed by atoms with Crippen LogP contribution in [0.3, 0.4) is 0 Å². The lowest BCUT2D eigenvalue weighted by atomic mass is 10.2. The summed E-state index contributed by atoms with van der Waals surface area (Å²) in [6, 6.07) is 5.75. The summed E-state index contributed by atoms with van der Waals surface area (Å²) in [6.45, 7) is 0.361. The molecule has 0 bridgehead atoms. The fourth-order valence-corrected chi connectivity index (χ4v) is 1.83. The number of nitrogens with two attached hydrogens (primary N) is 1. The second kappa shape index (κ2) is 3.81. The van der Waals surface area contributed by atoms with E-state index in [-0.39, 0.29) is 5.28 Å². The van der Waals surface area contributed by atoms with E-state index in [0.29, 0.717) is 6.54 Å². The molecule has 0 radical (unpaired) electrons. The van der Waals surface area contributed by atoms with Gasteiger partial charge in [0.2, 0.25) is 5.28 Å². The Morgan fingerprint density at radius 3 is 2.86 bits per heavy atom. The van der Waals surface area contributed by atoms with Gasteiger partial charge < -0.3 is 5.73 Å². The number of fused-ring (bicyclic) bond motifs is 1. The Hall–Kier alpha value is -0.710. The van der Waals surface area contributed by atoms with E-state index in [4.69, 9.17) is 17.3 Å². The van der Waals surface area contributed by atoms with Gasteiger partial charge in [0.15, 0.2) is 0 Å². The number of rotatable bonds is 1. The third-order valence-electron chi connectivity index (χ3n) is 1.90. The first-order chi connectivity index (χ1) is 6.70. The molecule has 5 heteroatoms. The first-order valence-electron chi connectivity index (χ1n) is 4.02. The molecule has 0 aliphatic heterocycles. The molecule has 1 aromatic carbocycles. The molecule has 0 spiro atoms. The summed E-state index contributed by atoms with van der Waals surface area (Å²) in [6.07, 6.45) is 0. The van der Waals surface area contributed by atoms with Gasteiger partial charge in [0.05, 0.1) is 11.2 Å². The van der Waals surface area contributed by atoms with Gasteiger partial charge in [0.25, 0.3) is 0 Å². The van der Waals surface area contributed by atoms with Gasteiger partial charge >= 0.3 is 0 Å². The zero-order valence-corrected chi connectivity index (χ0v) is 9.51. The molecular formula is C9H7BrClN3. The third-order valence-corrected chi connectivity index (χ3v) is 2.57. The van der Waals surface area contributed by atoms with Gasteiger partial charge in [0.1, 0.15) is 0 Å². The summed E-state index contributed by atoms with van der Waals surface area (Å²) in [7, 11) is 0. The summed E-state index contributed by atoms with van der Waals surface area (Å²) in [5.74, 6) is 0. The normalized spacial score (nSPS) is 10.8. The maximum atomic E-state index is 5.76. The van der Waals surface area contributed by atoms with Crippen LogP contribution < -0.4 is 5.73 Å². The monoisotopic (exact) mass is 271 g/mol. The lowest BCUT2D eigenvalue weighted by Crippen LogP contribution is -2.02. The molecule has 0 aliphatic carbocycles. The summed E-state index contributed by atoms with van der Waals surface area (Å²) in [5, 5.41) is 1.18. The van der Waals surface area contributed by atoms with Crippen molar-refractivity contribution in [1.82, 2.24) is 9.97 Å². The summed E-state index contributed by atoms with van der Waals surface area (Å²) in [5.41, 5.74) is 7.14. The number of halogens is 2. The van der Waals surface area contributed by atoms with Gasteiger partial charge in [-0.1, -0.05) is 15.9 Å². The van der Waals surface area contributed by atoms with E-state index in [1.807, 2.05) is 18.2 Å². The lowest BCUT2D eigenvalue weighted by Gasteiger charge is -2.03. The third kappa shape index (κ3) is 1.73. The second-order valence-electron chi connectivity index (χ2n) is 2.80. The zero-order chi connectivity index (χ0) is 10.1. The number of aromatic nitrogens is 2. The Bertz CT molecular complexity index is 481. The molecule has 0 unspecified atom stereocenters. The van der Waals surface area contributed by atoms with Crippen LogP contribution in [0.25, 0.3) is 10.9 Å². The fraction of sp³-hybridized carbons (Fsp3) is 0.111. The molecule has 2 aromatic rings. The maximum absolute atomic E-state index is 5.76. The Kier molecular flexibility index (Phi) is 2.67. The maximum Gasteiger partial charge on any atom is 0.223 e. The first-order valence-corrected chi connectivity index (χ1v) is 5.19. The molecule has 1 aromatic heterocycles. The number of benzene rings is 1. The highest BCUT2D eigenvalue weighted by Gasteiger charge is 2.04. The Balaban J connectivity index is 2.81. The van der Waals surface area contributed by atoms with E-state index in [2.05, 4.69) is 25.9 Å². The van der Waals surface area contributed by atoms with Crippen LogP contribution in [-0.4, -0.2) is 9.97 Å². The van der Waals surface area contributed by atoms with Gasteiger partial charge in [-0.05, 0) is 29.8 Å². The van der Waals surface area contributed by atoms with Crippen molar-refractivity contribution >= 4 is 38.4 Å². The van der Waals surface area contributed by atoms with Crippen molar-refractivity contribution in [2.24, 2.45) is 5.73 Å². The van der Waals surface area contributed by atoms with Crippen LogP contribution >= 0.6 is 27.5 Å². The Morgan fingerprint density at radius 1 is 1.36 bits per heavy atom. The predicted molar refractivity (Wildman–Crippen MR) is 60.1 cm³/mol. The molecule has 2 N–H and O–H groups in total. The van der Waals surface area contributed by atoms with E-state index in [9.17, 15) is 0 Å². The Morgan fingerprint density at radius 2 is 2.14 bits per heavy atom. The molecule has 2 rings (SSSR count). The smallest absolute Gasteiger partial charge is 0.223 e. The van der Waals surface area contributed by atoms with Gasteiger partial charge in [-0.2, -0.15) is 0 Å². The van der Waals surface area contributed by atoms with Crippen LogP contribution in [0.5, 0.6) is 0 Å². The van der Waals surface area contributed by atoms with Crippen molar-refractivity contribution in [2.45, 2.75) is 6.54 Å². The molecule has 3 nitrogen and oxygen atoms in total. The fourth-order valence-electron chi connectivity index (χ4n) is 1.29. The molecule has 0 aliphatic rings. The molecule has 0 saturated carbocycles. The minimum Gasteiger partial charge on any atom is -0.325 e. The van der Waals surface area contributed by atoms with Crippen LogP contribution in [0.15, 0.2) is 22.7 Å². The van der Waals surface area contributed by atoms with E-state index >= 15 is 0 Å². The van der Waals surface area contributed by atoms with Crippen molar-refractivity contribution in [2.75, 3.05) is 0 Å². The molecular weight excluding hydrogens is 265 g/mol. The van der Waals surface area contributed by atoms with Gasteiger partial charge in [-0.3, -0.25) is 0 Å². The quantitative estimate of drug-likeness (QED) is 0.812. The van der Waals surface area contributed by atoms with Crippen LogP contribution in [0.4, 0.5) is 0 Å². The molecule has 0 amide bonds. The van der Waals surface area contributed by atoms with Gasteiger partial charge in [-0.25, -0.2) is 9.97 Å². The van der Waals surface area contributed by atoms with E-state index in [1.165, 1.54) is 0 Å². The molecule has 72 valence electrons.